The van der Waals surface area contributed by atoms with Crippen molar-refractivity contribution in [1.29, 1.82) is 0 Å². The van der Waals surface area contributed by atoms with Gasteiger partial charge in [-0.2, -0.15) is 0 Å². The second-order valence-corrected chi connectivity index (χ2v) is 6.07. The summed E-state index contributed by atoms with van der Waals surface area (Å²) < 4.78 is 0. The molecule has 1 heterocycles. The molecule has 1 aromatic heterocycles. The van der Waals surface area contributed by atoms with Crippen LogP contribution < -0.4 is 10.2 Å². The Morgan fingerprint density at radius 1 is 1.33 bits per heavy atom. The average molecular weight is 267 g/mol. The van der Waals surface area contributed by atoms with Crippen LogP contribution in [0.4, 0.5) is 5.13 Å². The van der Waals surface area contributed by atoms with Crippen LogP contribution >= 0.6 is 11.3 Å². The molecule has 0 saturated heterocycles. The summed E-state index contributed by atoms with van der Waals surface area (Å²) in [5.74, 6) is 0. The van der Waals surface area contributed by atoms with Gasteiger partial charge in [0.2, 0.25) is 0 Å². The molecule has 0 amide bonds. The van der Waals surface area contributed by atoms with E-state index in [0.29, 0.717) is 0 Å². The molecule has 0 atom stereocenters. The topological polar surface area (TPSA) is 28.2 Å². The molecule has 0 aliphatic heterocycles. The molecule has 1 N–H and O–H groups in total. The van der Waals surface area contributed by atoms with Crippen LogP contribution in [0.3, 0.4) is 0 Å². The monoisotopic (exact) mass is 267 g/mol. The SMILES string of the molecule is CCNCc1sc(N(CC)C2CCCC2)nc1C. The summed E-state index contributed by atoms with van der Waals surface area (Å²) in [7, 11) is 0. The number of nitrogens with zero attached hydrogens (tertiary/aromatic N) is 2. The van der Waals surface area contributed by atoms with E-state index < -0.39 is 0 Å². The Bertz CT molecular complexity index is 369. The molecule has 3 nitrogen and oxygen atoms in total. The van der Waals surface area contributed by atoms with Gasteiger partial charge in [0, 0.05) is 24.0 Å². The first kappa shape index (κ1) is 13.8. The van der Waals surface area contributed by atoms with Crippen LogP contribution in [-0.2, 0) is 6.54 Å². The molecule has 1 aliphatic carbocycles. The van der Waals surface area contributed by atoms with Crippen LogP contribution in [0, 0.1) is 6.92 Å². The molecule has 0 bridgehead atoms. The first-order valence-electron chi connectivity index (χ1n) is 7.19. The normalized spacial score (nSPS) is 16.4. The number of anilines is 1. The highest BCUT2D eigenvalue weighted by Crippen LogP contribution is 2.32. The molecular weight excluding hydrogens is 242 g/mol. The maximum Gasteiger partial charge on any atom is 0.186 e. The molecule has 1 saturated carbocycles. The second-order valence-electron chi connectivity index (χ2n) is 5.01. The lowest BCUT2D eigenvalue weighted by Crippen LogP contribution is -2.32. The van der Waals surface area contributed by atoms with Crippen molar-refractivity contribution < 1.29 is 0 Å². The van der Waals surface area contributed by atoms with Crippen LogP contribution in [0.1, 0.15) is 50.1 Å². The molecule has 0 radical (unpaired) electrons. The summed E-state index contributed by atoms with van der Waals surface area (Å²) in [6, 6.07) is 0.729. The minimum Gasteiger partial charge on any atom is -0.345 e. The van der Waals surface area contributed by atoms with Crippen LogP contribution in [0.15, 0.2) is 0 Å². The Morgan fingerprint density at radius 2 is 2.06 bits per heavy atom. The molecule has 1 aliphatic rings. The third-order valence-electron chi connectivity index (χ3n) is 3.77. The predicted octanol–water partition coefficient (Wildman–Crippen LogP) is 3.33. The van der Waals surface area contributed by atoms with Gasteiger partial charge < -0.3 is 10.2 Å². The molecule has 102 valence electrons. The average Bonchev–Trinajstić information content (AvgIpc) is 2.99. The van der Waals surface area contributed by atoms with Crippen molar-refractivity contribution in [3.8, 4) is 0 Å². The highest BCUT2D eigenvalue weighted by Gasteiger charge is 2.24. The van der Waals surface area contributed by atoms with Crippen LogP contribution in [0.2, 0.25) is 0 Å². The Labute approximate surface area is 115 Å². The van der Waals surface area contributed by atoms with Gasteiger partial charge >= 0.3 is 0 Å². The fourth-order valence-corrected chi connectivity index (χ4v) is 3.87. The van der Waals surface area contributed by atoms with Gasteiger partial charge in [-0.15, -0.1) is 11.3 Å². The van der Waals surface area contributed by atoms with E-state index in [1.807, 2.05) is 11.3 Å². The van der Waals surface area contributed by atoms with Crippen molar-refractivity contribution in [2.45, 2.75) is 59.0 Å². The maximum atomic E-state index is 4.78. The summed E-state index contributed by atoms with van der Waals surface area (Å²) in [5, 5.41) is 4.63. The second kappa shape index (κ2) is 6.53. The van der Waals surface area contributed by atoms with Crippen molar-refractivity contribution in [2.24, 2.45) is 0 Å². The van der Waals surface area contributed by atoms with Crippen LogP contribution in [-0.4, -0.2) is 24.1 Å². The molecule has 0 unspecified atom stereocenters. The van der Waals surface area contributed by atoms with E-state index in [9.17, 15) is 0 Å². The van der Waals surface area contributed by atoms with Gasteiger partial charge in [-0.1, -0.05) is 19.8 Å². The van der Waals surface area contributed by atoms with Gasteiger partial charge in [-0.05, 0) is 33.2 Å². The molecule has 18 heavy (non-hydrogen) atoms. The zero-order valence-electron chi connectivity index (χ0n) is 11.8. The van der Waals surface area contributed by atoms with Gasteiger partial charge in [0.25, 0.3) is 0 Å². The largest absolute Gasteiger partial charge is 0.345 e. The van der Waals surface area contributed by atoms with Gasteiger partial charge in [0.15, 0.2) is 5.13 Å². The Balaban J connectivity index is 2.10. The number of hydrogen-bond acceptors (Lipinski definition) is 4. The van der Waals surface area contributed by atoms with E-state index in [-0.39, 0.29) is 0 Å². The highest BCUT2D eigenvalue weighted by atomic mass is 32.1. The fourth-order valence-electron chi connectivity index (χ4n) is 2.70. The molecule has 0 spiro atoms. The van der Waals surface area contributed by atoms with E-state index in [1.165, 1.54) is 41.4 Å². The number of aryl methyl sites for hydroxylation is 1. The van der Waals surface area contributed by atoms with Gasteiger partial charge in [0.1, 0.15) is 0 Å². The van der Waals surface area contributed by atoms with Crippen molar-refractivity contribution in [2.75, 3.05) is 18.0 Å². The molecule has 0 aromatic carbocycles. The minimum atomic E-state index is 0.729. The van der Waals surface area contributed by atoms with E-state index in [4.69, 9.17) is 4.98 Å². The van der Waals surface area contributed by atoms with Crippen molar-refractivity contribution in [1.82, 2.24) is 10.3 Å². The fraction of sp³-hybridized carbons (Fsp3) is 0.786. The zero-order chi connectivity index (χ0) is 13.0. The Kier molecular flexibility index (Phi) is 5.01. The first-order chi connectivity index (χ1) is 8.76. The van der Waals surface area contributed by atoms with Gasteiger partial charge in [-0.3, -0.25) is 0 Å². The predicted molar refractivity (Wildman–Crippen MR) is 79.5 cm³/mol. The third kappa shape index (κ3) is 3.04. The van der Waals surface area contributed by atoms with Gasteiger partial charge in [-0.25, -0.2) is 4.98 Å². The summed E-state index contributed by atoms with van der Waals surface area (Å²) in [6.45, 7) is 9.59. The minimum absolute atomic E-state index is 0.729. The van der Waals surface area contributed by atoms with Gasteiger partial charge in [0.05, 0.1) is 5.69 Å². The lowest BCUT2D eigenvalue weighted by atomic mass is 10.2. The standard InChI is InChI=1S/C14H25N3S/c1-4-15-10-13-11(3)16-14(18-13)17(5-2)12-8-6-7-9-12/h12,15H,4-10H2,1-3H3. The van der Waals surface area contributed by atoms with E-state index in [0.717, 1.165) is 25.7 Å². The van der Waals surface area contributed by atoms with Crippen molar-refractivity contribution in [3.05, 3.63) is 10.6 Å². The maximum absolute atomic E-state index is 4.78. The number of aromatic nitrogens is 1. The number of nitrogens with one attached hydrogen (secondary N) is 1. The summed E-state index contributed by atoms with van der Waals surface area (Å²) >= 11 is 1.87. The van der Waals surface area contributed by atoms with Crippen LogP contribution in [0.25, 0.3) is 0 Å². The quantitative estimate of drug-likeness (QED) is 0.857. The lowest BCUT2D eigenvalue weighted by molar-refractivity contribution is 0.618. The molecular formula is C14H25N3S. The molecule has 2 rings (SSSR count). The van der Waals surface area contributed by atoms with E-state index >= 15 is 0 Å². The molecule has 1 fully saturated rings. The Morgan fingerprint density at radius 3 is 2.67 bits per heavy atom. The number of hydrogen-bond donors (Lipinski definition) is 1. The third-order valence-corrected chi connectivity index (χ3v) is 4.96. The molecule has 4 heteroatoms. The van der Waals surface area contributed by atoms with E-state index in [1.54, 1.807) is 0 Å². The Hall–Kier alpha value is -0.610. The van der Waals surface area contributed by atoms with E-state index in [2.05, 4.69) is 31.0 Å². The van der Waals surface area contributed by atoms with Crippen molar-refractivity contribution in [3.63, 3.8) is 0 Å². The summed E-state index contributed by atoms with van der Waals surface area (Å²) in [6.07, 6.45) is 5.45. The number of rotatable bonds is 6. The zero-order valence-corrected chi connectivity index (χ0v) is 12.6. The van der Waals surface area contributed by atoms with Crippen LogP contribution in [0.5, 0.6) is 0 Å². The lowest BCUT2D eigenvalue weighted by Gasteiger charge is -2.26. The summed E-state index contributed by atoms with van der Waals surface area (Å²) in [5.41, 5.74) is 1.20. The first-order valence-corrected chi connectivity index (χ1v) is 8.01. The molecule has 1 aromatic rings. The summed E-state index contributed by atoms with van der Waals surface area (Å²) in [4.78, 5) is 8.69. The highest BCUT2D eigenvalue weighted by molar-refractivity contribution is 7.15. The number of thiazole rings is 1. The smallest absolute Gasteiger partial charge is 0.186 e. The van der Waals surface area contributed by atoms with Crippen molar-refractivity contribution >= 4 is 16.5 Å².